The Kier molecular flexibility index (Phi) is 4.40. The molecule has 2 rings (SSSR count). The van der Waals surface area contributed by atoms with Gasteiger partial charge in [0.05, 0.1) is 6.61 Å². The van der Waals surface area contributed by atoms with Crippen molar-refractivity contribution in [3.05, 3.63) is 0 Å². The maximum Gasteiger partial charge on any atom is 0.224 e. The molecule has 1 amide bonds. The summed E-state index contributed by atoms with van der Waals surface area (Å²) in [5.41, 5.74) is 0. The topological polar surface area (TPSA) is 41.6 Å². The Bertz CT molecular complexity index is 268. The molecule has 4 nitrogen and oxygen atoms in total. The smallest absolute Gasteiger partial charge is 0.224 e. The molecule has 17 heavy (non-hydrogen) atoms. The summed E-state index contributed by atoms with van der Waals surface area (Å²) in [5.74, 6) is 0.918. The van der Waals surface area contributed by atoms with Crippen LogP contribution in [0.2, 0.25) is 0 Å². The third kappa shape index (κ3) is 3.19. The Morgan fingerprint density at radius 3 is 3.12 bits per heavy atom. The molecule has 2 atom stereocenters. The van der Waals surface area contributed by atoms with Crippen LogP contribution in [-0.2, 0) is 9.53 Å². The highest BCUT2D eigenvalue weighted by atomic mass is 16.5. The Balaban J connectivity index is 1.64. The number of amides is 1. The van der Waals surface area contributed by atoms with Crippen molar-refractivity contribution in [2.24, 2.45) is 5.92 Å². The molecule has 0 spiro atoms. The summed E-state index contributed by atoms with van der Waals surface area (Å²) >= 11 is 0. The zero-order valence-electron chi connectivity index (χ0n) is 10.9. The fraction of sp³-hybridized carbons (Fsp3) is 0.923. The van der Waals surface area contributed by atoms with Crippen molar-refractivity contribution in [2.45, 2.75) is 45.2 Å². The van der Waals surface area contributed by atoms with Gasteiger partial charge in [0.15, 0.2) is 0 Å². The molecule has 2 saturated heterocycles. The van der Waals surface area contributed by atoms with Crippen LogP contribution >= 0.6 is 0 Å². The monoisotopic (exact) mass is 240 g/mol. The Hall–Kier alpha value is -0.610. The quantitative estimate of drug-likeness (QED) is 0.705. The average molecular weight is 240 g/mol. The van der Waals surface area contributed by atoms with Crippen LogP contribution in [-0.4, -0.2) is 49.2 Å². The molecule has 98 valence electrons. The maximum absolute atomic E-state index is 11.7. The lowest BCUT2D eigenvalue weighted by molar-refractivity contribution is -0.127. The van der Waals surface area contributed by atoms with Gasteiger partial charge in [0, 0.05) is 38.2 Å². The van der Waals surface area contributed by atoms with Crippen LogP contribution in [0.4, 0.5) is 0 Å². The van der Waals surface area contributed by atoms with Gasteiger partial charge in [-0.25, -0.2) is 0 Å². The fourth-order valence-electron chi connectivity index (χ4n) is 2.81. The second-order valence-electron chi connectivity index (χ2n) is 5.53. The van der Waals surface area contributed by atoms with Crippen molar-refractivity contribution in [1.82, 2.24) is 10.2 Å². The van der Waals surface area contributed by atoms with Gasteiger partial charge < -0.3 is 15.0 Å². The summed E-state index contributed by atoms with van der Waals surface area (Å²) < 4.78 is 5.53. The fourth-order valence-corrected chi connectivity index (χ4v) is 2.81. The van der Waals surface area contributed by atoms with Gasteiger partial charge in [0.1, 0.15) is 0 Å². The summed E-state index contributed by atoms with van der Waals surface area (Å²) in [7, 11) is 0. The van der Waals surface area contributed by atoms with E-state index in [1.54, 1.807) is 0 Å². The lowest BCUT2D eigenvalue weighted by atomic mass is 10.1. The molecule has 0 bridgehead atoms. The van der Waals surface area contributed by atoms with Crippen molar-refractivity contribution in [2.75, 3.05) is 26.3 Å². The molecule has 0 aromatic carbocycles. The summed E-state index contributed by atoms with van der Waals surface area (Å²) in [4.78, 5) is 13.7. The third-order valence-electron chi connectivity index (χ3n) is 3.58. The van der Waals surface area contributed by atoms with E-state index in [4.69, 9.17) is 4.74 Å². The number of nitrogens with zero attached hydrogens (tertiary/aromatic N) is 1. The third-order valence-corrected chi connectivity index (χ3v) is 3.58. The molecule has 0 aromatic rings. The first-order chi connectivity index (χ1) is 8.18. The zero-order valence-corrected chi connectivity index (χ0v) is 10.9. The standard InChI is InChI=1S/C13H24N2O2/c1-10(2)9-17-7-5-14-11-8-13(16)15-6-3-4-12(11)15/h10-12,14H,3-9H2,1-2H3. The maximum atomic E-state index is 11.7. The summed E-state index contributed by atoms with van der Waals surface area (Å²) in [5, 5.41) is 3.47. The van der Waals surface area contributed by atoms with E-state index in [0.29, 0.717) is 30.3 Å². The van der Waals surface area contributed by atoms with Crippen molar-refractivity contribution in [3.8, 4) is 0 Å². The molecular weight excluding hydrogens is 216 g/mol. The van der Waals surface area contributed by atoms with Crippen LogP contribution in [0.3, 0.4) is 0 Å². The molecule has 0 saturated carbocycles. The summed E-state index contributed by atoms with van der Waals surface area (Å²) in [6.07, 6.45) is 3.00. The van der Waals surface area contributed by atoms with Gasteiger partial charge >= 0.3 is 0 Å². The Morgan fingerprint density at radius 2 is 2.35 bits per heavy atom. The lowest BCUT2D eigenvalue weighted by Gasteiger charge is -2.21. The van der Waals surface area contributed by atoms with Gasteiger partial charge in [0.25, 0.3) is 0 Å². The SMILES string of the molecule is CC(C)COCCNC1CC(=O)N2CCCC12. The van der Waals surface area contributed by atoms with E-state index in [1.165, 1.54) is 6.42 Å². The van der Waals surface area contributed by atoms with Crippen LogP contribution in [0.5, 0.6) is 0 Å². The van der Waals surface area contributed by atoms with E-state index < -0.39 is 0 Å². The summed E-state index contributed by atoms with van der Waals surface area (Å²) in [6, 6.07) is 0.806. The van der Waals surface area contributed by atoms with Crippen LogP contribution in [0, 0.1) is 5.92 Å². The van der Waals surface area contributed by atoms with E-state index >= 15 is 0 Å². The Labute approximate surface area is 104 Å². The molecule has 0 radical (unpaired) electrons. The molecular formula is C13H24N2O2. The van der Waals surface area contributed by atoms with Gasteiger partial charge in [0.2, 0.25) is 5.91 Å². The number of carbonyl (C=O) groups is 1. The second-order valence-corrected chi connectivity index (χ2v) is 5.53. The molecule has 2 fully saturated rings. The van der Waals surface area contributed by atoms with E-state index in [9.17, 15) is 4.79 Å². The predicted octanol–water partition coefficient (Wildman–Crippen LogP) is 1.01. The van der Waals surface area contributed by atoms with E-state index in [0.717, 1.165) is 32.7 Å². The van der Waals surface area contributed by atoms with E-state index in [2.05, 4.69) is 19.2 Å². The van der Waals surface area contributed by atoms with Crippen molar-refractivity contribution >= 4 is 5.91 Å². The molecule has 0 aromatic heterocycles. The number of ether oxygens (including phenoxy) is 1. The molecule has 2 aliphatic heterocycles. The van der Waals surface area contributed by atoms with E-state index in [-0.39, 0.29) is 0 Å². The molecule has 2 aliphatic rings. The highest BCUT2D eigenvalue weighted by Crippen LogP contribution is 2.28. The molecule has 4 heteroatoms. The molecule has 1 N–H and O–H groups in total. The zero-order chi connectivity index (χ0) is 12.3. The first-order valence-corrected chi connectivity index (χ1v) is 6.79. The average Bonchev–Trinajstić information content (AvgIpc) is 2.83. The van der Waals surface area contributed by atoms with Gasteiger partial charge in [-0.1, -0.05) is 13.8 Å². The lowest BCUT2D eigenvalue weighted by Crippen LogP contribution is -2.40. The minimum atomic E-state index is 0.327. The van der Waals surface area contributed by atoms with Gasteiger partial charge in [-0.05, 0) is 18.8 Å². The minimum absolute atomic E-state index is 0.327. The number of carbonyl (C=O) groups excluding carboxylic acids is 1. The van der Waals surface area contributed by atoms with Crippen molar-refractivity contribution in [3.63, 3.8) is 0 Å². The predicted molar refractivity (Wildman–Crippen MR) is 66.8 cm³/mol. The van der Waals surface area contributed by atoms with Crippen molar-refractivity contribution in [1.29, 1.82) is 0 Å². The molecule has 0 aliphatic carbocycles. The first-order valence-electron chi connectivity index (χ1n) is 6.79. The van der Waals surface area contributed by atoms with Gasteiger partial charge in [-0.15, -0.1) is 0 Å². The second kappa shape index (κ2) is 5.83. The van der Waals surface area contributed by atoms with Crippen LogP contribution in [0.15, 0.2) is 0 Å². The summed E-state index contributed by atoms with van der Waals surface area (Å²) in [6.45, 7) is 7.69. The van der Waals surface area contributed by atoms with Crippen LogP contribution in [0.1, 0.15) is 33.1 Å². The normalized spacial score (nSPS) is 28.2. The van der Waals surface area contributed by atoms with Crippen molar-refractivity contribution < 1.29 is 9.53 Å². The first kappa shape index (κ1) is 12.8. The number of hydrogen-bond acceptors (Lipinski definition) is 3. The van der Waals surface area contributed by atoms with Gasteiger partial charge in [-0.3, -0.25) is 4.79 Å². The van der Waals surface area contributed by atoms with Crippen LogP contribution < -0.4 is 5.32 Å². The van der Waals surface area contributed by atoms with Crippen LogP contribution in [0.25, 0.3) is 0 Å². The molecule has 2 heterocycles. The number of hydrogen-bond donors (Lipinski definition) is 1. The van der Waals surface area contributed by atoms with Gasteiger partial charge in [-0.2, -0.15) is 0 Å². The highest BCUT2D eigenvalue weighted by molar-refractivity contribution is 5.80. The number of rotatable bonds is 6. The number of nitrogens with one attached hydrogen (secondary N) is 1. The molecule has 2 unspecified atom stereocenters. The Morgan fingerprint density at radius 1 is 1.53 bits per heavy atom. The number of fused-ring (bicyclic) bond motifs is 1. The van der Waals surface area contributed by atoms with E-state index in [1.807, 2.05) is 4.90 Å². The largest absolute Gasteiger partial charge is 0.380 e. The minimum Gasteiger partial charge on any atom is -0.380 e. The highest BCUT2D eigenvalue weighted by Gasteiger charge is 2.41.